The lowest BCUT2D eigenvalue weighted by Crippen LogP contribution is -2.45. The number of carbonyl (C=O) groups excluding carboxylic acids is 3. The lowest BCUT2D eigenvalue weighted by Gasteiger charge is -2.23. The molecule has 0 aliphatic carbocycles. The Bertz CT molecular complexity index is 365. The summed E-state index contributed by atoms with van der Waals surface area (Å²) in [4.78, 5) is 34.9. The number of carbonyl (C=O) groups is 3. The van der Waals surface area contributed by atoms with Gasteiger partial charge in [0, 0.05) is 0 Å². The number of unbranched alkanes of at least 4 members (excludes halogenated alkanes) is 1. The summed E-state index contributed by atoms with van der Waals surface area (Å²) < 4.78 is 9.52. The number of nitrogens with one attached hydrogen (secondary N) is 1. The fourth-order valence-corrected chi connectivity index (χ4v) is 1.47. The molecule has 1 N–H and O–H groups in total. The highest BCUT2D eigenvalue weighted by atomic mass is 16.5. The molecule has 0 aromatic rings. The number of hydrogen-bond donors (Lipinski definition) is 1. The van der Waals surface area contributed by atoms with Crippen molar-refractivity contribution in [1.29, 1.82) is 0 Å². The van der Waals surface area contributed by atoms with Gasteiger partial charge in [-0.05, 0) is 18.3 Å². The van der Waals surface area contributed by atoms with Crippen LogP contribution in [0, 0.1) is 5.41 Å². The van der Waals surface area contributed by atoms with E-state index in [4.69, 9.17) is 4.74 Å². The molecule has 0 fully saturated rings. The highest BCUT2D eigenvalue weighted by Crippen LogP contribution is 2.19. The second kappa shape index (κ2) is 9.37. The molecule has 6 nitrogen and oxygen atoms in total. The van der Waals surface area contributed by atoms with E-state index in [0.29, 0.717) is 12.8 Å². The summed E-state index contributed by atoms with van der Waals surface area (Å²) in [5, 5.41) is 2.45. The third-order valence-corrected chi connectivity index (χ3v) is 3.39. The summed E-state index contributed by atoms with van der Waals surface area (Å²) in [5.41, 5.74) is -0.122. The van der Waals surface area contributed by atoms with Crippen molar-refractivity contribution in [3.63, 3.8) is 0 Å². The van der Waals surface area contributed by atoms with Gasteiger partial charge >= 0.3 is 12.1 Å². The molecule has 6 heteroatoms. The van der Waals surface area contributed by atoms with Crippen LogP contribution in [0.4, 0.5) is 4.79 Å². The van der Waals surface area contributed by atoms with Crippen molar-refractivity contribution in [2.75, 3.05) is 13.7 Å². The monoisotopic (exact) mass is 301 g/mol. The number of hydrogen-bond acceptors (Lipinski definition) is 5. The first kappa shape index (κ1) is 19.4. The van der Waals surface area contributed by atoms with Gasteiger partial charge in [0.1, 0.15) is 6.04 Å². The van der Waals surface area contributed by atoms with Gasteiger partial charge < -0.3 is 14.8 Å². The van der Waals surface area contributed by atoms with Crippen LogP contribution < -0.4 is 5.32 Å². The molecule has 21 heavy (non-hydrogen) atoms. The smallest absolute Gasteiger partial charge is 0.407 e. The minimum absolute atomic E-state index is 0.122. The van der Waals surface area contributed by atoms with E-state index in [2.05, 4.69) is 10.1 Å². The lowest BCUT2D eigenvalue weighted by atomic mass is 9.92. The second-order valence-electron chi connectivity index (χ2n) is 5.79. The molecule has 0 radical (unpaired) electrons. The van der Waals surface area contributed by atoms with Gasteiger partial charge in [0.05, 0.1) is 13.7 Å². The first-order valence-electron chi connectivity index (χ1n) is 7.32. The molecular weight excluding hydrogens is 274 g/mol. The molecular formula is C15H27NO5. The van der Waals surface area contributed by atoms with Crippen LogP contribution in [0.25, 0.3) is 0 Å². The predicted molar refractivity (Wildman–Crippen MR) is 78.9 cm³/mol. The third kappa shape index (κ3) is 7.68. The van der Waals surface area contributed by atoms with Gasteiger partial charge in [-0.2, -0.15) is 0 Å². The minimum atomic E-state index is -0.953. The molecule has 0 aromatic heterocycles. The first-order chi connectivity index (χ1) is 9.77. The maximum Gasteiger partial charge on any atom is 0.407 e. The number of alkyl carbamates (subject to hydrolysis) is 1. The molecule has 0 unspecified atom stereocenters. The van der Waals surface area contributed by atoms with Crippen molar-refractivity contribution in [1.82, 2.24) is 5.32 Å². The van der Waals surface area contributed by atoms with Crippen LogP contribution in [0.15, 0.2) is 0 Å². The van der Waals surface area contributed by atoms with Crippen molar-refractivity contribution < 1.29 is 23.9 Å². The number of esters is 1. The van der Waals surface area contributed by atoms with Gasteiger partial charge in [-0.15, -0.1) is 0 Å². The van der Waals surface area contributed by atoms with Crippen molar-refractivity contribution in [3.8, 4) is 0 Å². The number of methoxy groups -OCH3 is 1. The van der Waals surface area contributed by atoms with Crippen LogP contribution in [0.5, 0.6) is 0 Å². The third-order valence-electron chi connectivity index (χ3n) is 3.39. The topological polar surface area (TPSA) is 81.7 Å². The van der Waals surface area contributed by atoms with Crippen LogP contribution in [0.3, 0.4) is 0 Å². The van der Waals surface area contributed by atoms with E-state index < -0.39 is 23.9 Å². The van der Waals surface area contributed by atoms with Crippen LogP contribution in [0.2, 0.25) is 0 Å². The lowest BCUT2D eigenvalue weighted by molar-refractivity contribution is -0.152. The van der Waals surface area contributed by atoms with E-state index in [-0.39, 0.29) is 12.0 Å². The van der Waals surface area contributed by atoms with E-state index in [0.717, 1.165) is 20.0 Å². The summed E-state index contributed by atoms with van der Waals surface area (Å²) in [6.45, 7) is 8.18. The molecule has 0 spiro atoms. The largest absolute Gasteiger partial charge is 0.463 e. The molecule has 122 valence electrons. The average Bonchev–Trinajstić information content (AvgIpc) is 2.47. The zero-order chi connectivity index (χ0) is 16.5. The molecule has 0 aliphatic rings. The van der Waals surface area contributed by atoms with Crippen LogP contribution in [0.1, 0.15) is 53.4 Å². The molecule has 0 heterocycles. The molecule has 1 amide bonds. The standard InChI is InChI=1S/C15H27NO5/c1-6-8-9-11(12(17)13(18)20-5)16-14(19)21-10-15(3,4)7-2/h11H,6-10H2,1-5H3,(H,16,19)/t11-/m0/s1. The van der Waals surface area contributed by atoms with E-state index in [1.54, 1.807) is 0 Å². The van der Waals surface area contributed by atoms with Crippen molar-refractivity contribution >= 4 is 17.8 Å². The van der Waals surface area contributed by atoms with Gasteiger partial charge in [0.2, 0.25) is 0 Å². The summed E-state index contributed by atoms with van der Waals surface area (Å²) in [5.74, 6) is -1.71. The second-order valence-corrected chi connectivity index (χ2v) is 5.79. The number of rotatable bonds is 9. The Labute approximate surface area is 126 Å². The summed E-state index contributed by atoms with van der Waals surface area (Å²) >= 11 is 0. The van der Waals surface area contributed by atoms with E-state index in [1.807, 2.05) is 27.7 Å². The maximum absolute atomic E-state index is 11.8. The summed E-state index contributed by atoms with van der Waals surface area (Å²) in [6, 6.07) is -0.894. The Morgan fingerprint density at radius 1 is 1.19 bits per heavy atom. The Kier molecular flexibility index (Phi) is 8.66. The number of Topliss-reactive ketones (excluding diaryl/α,β-unsaturated/α-hetero) is 1. The van der Waals surface area contributed by atoms with Crippen molar-refractivity contribution in [3.05, 3.63) is 0 Å². The quantitative estimate of drug-likeness (QED) is 0.522. The minimum Gasteiger partial charge on any atom is -0.463 e. The summed E-state index contributed by atoms with van der Waals surface area (Å²) in [6.07, 6.45) is 2.13. The molecule has 0 saturated carbocycles. The molecule has 0 aliphatic heterocycles. The normalized spacial score (nSPS) is 12.4. The maximum atomic E-state index is 11.8. The van der Waals surface area contributed by atoms with Crippen LogP contribution in [-0.4, -0.2) is 37.6 Å². The van der Waals surface area contributed by atoms with Gasteiger partial charge in [-0.25, -0.2) is 9.59 Å². The highest BCUT2D eigenvalue weighted by Gasteiger charge is 2.28. The average molecular weight is 301 g/mol. The van der Waals surface area contributed by atoms with Gasteiger partial charge in [-0.1, -0.05) is 40.5 Å². The SMILES string of the molecule is CCCC[C@H](NC(=O)OCC(C)(C)CC)C(=O)C(=O)OC. The number of ether oxygens (including phenoxy) is 2. The number of ketones is 1. The fourth-order valence-electron chi connectivity index (χ4n) is 1.47. The van der Waals surface area contributed by atoms with Crippen LogP contribution >= 0.6 is 0 Å². The summed E-state index contributed by atoms with van der Waals surface area (Å²) in [7, 11) is 1.14. The van der Waals surface area contributed by atoms with Crippen LogP contribution in [-0.2, 0) is 19.1 Å². The van der Waals surface area contributed by atoms with Gasteiger partial charge in [0.15, 0.2) is 0 Å². The number of amides is 1. The van der Waals surface area contributed by atoms with Crippen molar-refractivity contribution in [2.24, 2.45) is 5.41 Å². The molecule has 0 rings (SSSR count). The Morgan fingerprint density at radius 2 is 1.81 bits per heavy atom. The zero-order valence-corrected chi connectivity index (χ0v) is 13.7. The predicted octanol–water partition coefficient (Wildman–Crippen LogP) is 2.45. The first-order valence-corrected chi connectivity index (χ1v) is 7.32. The Balaban J connectivity index is 4.55. The highest BCUT2D eigenvalue weighted by molar-refractivity contribution is 6.35. The van der Waals surface area contributed by atoms with Crippen molar-refractivity contribution in [2.45, 2.75) is 59.4 Å². The Hall–Kier alpha value is -1.59. The fraction of sp³-hybridized carbons (Fsp3) is 0.800. The van der Waals surface area contributed by atoms with E-state index >= 15 is 0 Å². The zero-order valence-electron chi connectivity index (χ0n) is 13.7. The van der Waals surface area contributed by atoms with E-state index in [1.165, 1.54) is 0 Å². The van der Waals surface area contributed by atoms with Gasteiger partial charge in [-0.3, -0.25) is 4.79 Å². The Morgan fingerprint density at radius 3 is 2.29 bits per heavy atom. The molecule has 0 aromatic carbocycles. The molecule has 0 saturated heterocycles. The van der Waals surface area contributed by atoms with Gasteiger partial charge in [0.25, 0.3) is 5.78 Å². The molecule has 0 bridgehead atoms. The molecule has 1 atom stereocenters. The van der Waals surface area contributed by atoms with E-state index in [9.17, 15) is 14.4 Å².